The quantitative estimate of drug-likeness (QED) is 0.397. The lowest BCUT2D eigenvalue weighted by atomic mass is 10.2. The van der Waals surface area contributed by atoms with E-state index in [9.17, 15) is 9.90 Å². The van der Waals surface area contributed by atoms with E-state index < -0.39 is 0 Å². The van der Waals surface area contributed by atoms with Crippen molar-refractivity contribution >= 4 is 34.7 Å². The Bertz CT molecular complexity index is 783. The summed E-state index contributed by atoms with van der Waals surface area (Å²) in [6.07, 6.45) is 1.42. The maximum Gasteiger partial charge on any atom is 0.271 e. The van der Waals surface area contributed by atoms with Crippen LogP contribution in [0.3, 0.4) is 0 Å². The lowest BCUT2D eigenvalue weighted by Crippen LogP contribution is -2.17. The minimum atomic E-state index is -0.372. The van der Waals surface area contributed by atoms with Crippen LogP contribution in [-0.2, 0) is 0 Å². The molecule has 0 atom stereocenters. The minimum absolute atomic E-state index is 0.0998. The van der Waals surface area contributed by atoms with Gasteiger partial charge in [0.2, 0.25) is 5.75 Å². The maximum atomic E-state index is 12.1. The first kappa shape index (κ1) is 18.8. The summed E-state index contributed by atoms with van der Waals surface area (Å²) in [5.41, 5.74) is 3.45. The Morgan fingerprint density at radius 2 is 1.68 bits per heavy atom. The van der Waals surface area contributed by atoms with Gasteiger partial charge in [-0.2, -0.15) is 5.10 Å². The Morgan fingerprint density at radius 3 is 2.24 bits per heavy atom. The number of hydrogen-bond acceptors (Lipinski definition) is 6. The van der Waals surface area contributed by atoms with Gasteiger partial charge in [-0.1, -0.05) is 0 Å². The number of hydrogen-bond donors (Lipinski definition) is 2. The smallest absolute Gasteiger partial charge is 0.271 e. The molecule has 2 aromatic carbocycles. The number of nitrogens with zero attached hydrogens (tertiary/aromatic N) is 1. The van der Waals surface area contributed by atoms with E-state index >= 15 is 0 Å². The molecule has 0 aromatic heterocycles. The third-order valence-corrected chi connectivity index (χ3v) is 4.19. The van der Waals surface area contributed by atoms with Gasteiger partial charge in [0, 0.05) is 11.1 Å². The zero-order valence-corrected chi connectivity index (χ0v) is 16.0. The number of nitrogens with one attached hydrogen (secondary N) is 1. The topological polar surface area (TPSA) is 89.4 Å². The molecule has 0 bridgehead atoms. The standard InChI is InChI=1S/C17H17IN2O5/c1-23-13-8-11(4-5-12(13)18)17(22)20-19-9-10-6-14(24-2)16(21)15(7-10)25-3/h4-9,21H,1-3H3,(H,20,22)/b19-9+. The molecule has 7 nitrogen and oxygen atoms in total. The van der Waals surface area contributed by atoms with E-state index in [2.05, 4.69) is 33.1 Å². The average molecular weight is 456 g/mol. The van der Waals surface area contributed by atoms with Crippen molar-refractivity contribution in [3.05, 3.63) is 45.0 Å². The molecule has 2 N–H and O–H groups in total. The van der Waals surface area contributed by atoms with Crippen molar-refractivity contribution in [2.24, 2.45) is 5.10 Å². The summed E-state index contributed by atoms with van der Waals surface area (Å²) in [7, 11) is 4.41. The van der Waals surface area contributed by atoms with Gasteiger partial charge in [0.25, 0.3) is 5.91 Å². The molecule has 0 aliphatic rings. The van der Waals surface area contributed by atoms with E-state index in [0.717, 1.165) is 3.57 Å². The number of phenols is 1. The van der Waals surface area contributed by atoms with E-state index in [-0.39, 0.29) is 23.2 Å². The number of benzene rings is 2. The largest absolute Gasteiger partial charge is 0.502 e. The molecule has 0 saturated carbocycles. The van der Waals surface area contributed by atoms with Crippen LogP contribution >= 0.6 is 22.6 Å². The van der Waals surface area contributed by atoms with Crippen LogP contribution in [0, 0.1) is 3.57 Å². The number of halogens is 1. The van der Waals surface area contributed by atoms with E-state index in [4.69, 9.17) is 14.2 Å². The molecule has 0 heterocycles. The van der Waals surface area contributed by atoms with Crippen LogP contribution in [0.1, 0.15) is 15.9 Å². The molecule has 2 aromatic rings. The normalized spacial score (nSPS) is 10.6. The van der Waals surface area contributed by atoms with E-state index in [1.54, 1.807) is 37.4 Å². The number of amides is 1. The number of ether oxygens (including phenoxy) is 3. The Kier molecular flexibility index (Phi) is 6.45. The summed E-state index contributed by atoms with van der Waals surface area (Å²) in [6.45, 7) is 0. The average Bonchev–Trinajstić information content (AvgIpc) is 2.63. The summed E-state index contributed by atoms with van der Waals surface area (Å²) in [5.74, 6) is 0.634. The van der Waals surface area contributed by atoms with Gasteiger partial charge in [0.1, 0.15) is 5.75 Å². The molecule has 0 aliphatic heterocycles. The second-order valence-electron chi connectivity index (χ2n) is 4.82. The van der Waals surface area contributed by atoms with Gasteiger partial charge < -0.3 is 19.3 Å². The van der Waals surface area contributed by atoms with Crippen LogP contribution in [0.5, 0.6) is 23.0 Å². The van der Waals surface area contributed by atoms with Crippen molar-refractivity contribution in [2.45, 2.75) is 0 Å². The van der Waals surface area contributed by atoms with Gasteiger partial charge in [-0.15, -0.1) is 0 Å². The number of carbonyl (C=O) groups is 1. The molecule has 0 saturated heterocycles. The molecule has 2 rings (SSSR count). The second kappa shape index (κ2) is 8.56. The van der Waals surface area contributed by atoms with Crippen LogP contribution in [0.25, 0.3) is 0 Å². The highest BCUT2D eigenvalue weighted by atomic mass is 127. The number of aromatic hydroxyl groups is 1. The van der Waals surface area contributed by atoms with Gasteiger partial charge in [0.05, 0.1) is 31.1 Å². The Hall–Kier alpha value is -2.49. The Balaban J connectivity index is 2.14. The third kappa shape index (κ3) is 4.53. The summed E-state index contributed by atoms with van der Waals surface area (Å²) in [5, 5.41) is 13.8. The summed E-state index contributed by atoms with van der Waals surface area (Å²) >= 11 is 2.12. The second-order valence-corrected chi connectivity index (χ2v) is 5.98. The SMILES string of the molecule is COc1cc(C(=O)N/N=C/c2cc(OC)c(O)c(OC)c2)ccc1I. The zero-order chi connectivity index (χ0) is 18.4. The molecule has 1 amide bonds. The number of hydrazone groups is 1. The lowest BCUT2D eigenvalue weighted by molar-refractivity contribution is 0.0954. The van der Waals surface area contributed by atoms with Gasteiger partial charge in [0.15, 0.2) is 11.5 Å². The van der Waals surface area contributed by atoms with Crippen molar-refractivity contribution in [2.75, 3.05) is 21.3 Å². The van der Waals surface area contributed by atoms with Crippen molar-refractivity contribution in [3.8, 4) is 23.0 Å². The van der Waals surface area contributed by atoms with Crippen molar-refractivity contribution in [1.29, 1.82) is 0 Å². The van der Waals surface area contributed by atoms with Crippen LogP contribution in [0.4, 0.5) is 0 Å². The first-order valence-corrected chi connectivity index (χ1v) is 8.20. The van der Waals surface area contributed by atoms with Crippen LogP contribution < -0.4 is 19.6 Å². The minimum Gasteiger partial charge on any atom is -0.502 e. The fraction of sp³-hybridized carbons (Fsp3) is 0.176. The van der Waals surface area contributed by atoms with Gasteiger partial charge in [-0.05, 0) is 52.9 Å². The zero-order valence-electron chi connectivity index (χ0n) is 13.9. The molecule has 8 heteroatoms. The molecular weight excluding hydrogens is 439 g/mol. The number of methoxy groups -OCH3 is 3. The van der Waals surface area contributed by atoms with Crippen LogP contribution in [0.15, 0.2) is 35.4 Å². The van der Waals surface area contributed by atoms with Gasteiger partial charge >= 0.3 is 0 Å². The highest BCUT2D eigenvalue weighted by Gasteiger charge is 2.11. The van der Waals surface area contributed by atoms with Crippen LogP contribution in [0.2, 0.25) is 0 Å². The fourth-order valence-electron chi connectivity index (χ4n) is 2.02. The van der Waals surface area contributed by atoms with Crippen molar-refractivity contribution in [1.82, 2.24) is 5.43 Å². The van der Waals surface area contributed by atoms with E-state index in [0.29, 0.717) is 16.9 Å². The van der Waals surface area contributed by atoms with Crippen molar-refractivity contribution in [3.63, 3.8) is 0 Å². The molecular formula is C17H17IN2O5. The highest BCUT2D eigenvalue weighted by molar-refractivity contribution is 14.1. The molecule has 0 fully saturated rings. The van der Waals surface area contributed by atoms with Gasteiger partial charge in [-0.3, -0.25) is 4.79 Å². The summed E-state index contributed by atoms with van der Waals surface area (Å²) in [6, 6.07) is 8.25. The predicted octanol–water partition coefficient (Wildman–Crippen LogP) is 2.79. The maximum absolute atomic E-state index is 12.1. The first-order chi connectivity index (χ1) is 12.0. The lowest BCUT2D eigenvalue weighted by Gasteiger charge is -2.09. The number of carbonyl (C=O) groups excluding carboxylic acids is 1. The third-order valence-electron chi connectivity index (χ3n) is 3.30. The summed E-state index contributed by atoms with van der Waals surface area (Å²) < 4.78 is 16.2. The highest BCUT2D eigenvalue weighted by Crippen LogP contribution is 2.36. The molecule has 0 radical (unpaired) electrons. The molecule has 0 unspecified atom stereocenters. The molecule has 0 aliphatic carbocycles. The first-order valence-electron chi connectivity index (χ1n) is 7.12. The predicted molar refractivity (Wildman–Crippen MR) is 102 cm³/mol. The van der Waals surface area contributed by atoms with Crippen molar-refractivity contribution < 1.29 is 24.1 Å². The molecule has 0 spiro atoms. The number of phenolic OH excluding ortho intramolecular Hbond substituents is 1. The van der Waals surface area contributed by atoms with Crippen LogP contribution in [-0.4, -0.2) is 38.6 Å². The Labute approximate surface area is 158 Å². The Morgan fingerprint density at radius 1 is 1.08 bits per heavy atom. The molecule has 132 valence electrons. The monoisotopic (exact) mass is 456 g/mol. The molecule has 25 heavy (non-hydrogen) atoms. The van der Waals surface area contributed by atoms with E-state index in [1.807, 2.05) is 0 Å². The number of rotatable bonds is 6. The summed E-state index contributed by atoms with van der Waals surface area (Å²) in [4.78, 5) is 12.1. The van der Waals surface area contributed by atoms with Gasteiger partial charge in [-0.25, -0.2) is 5.43 Å². The van der Waals surface area contributed by atoms with E-state index in [1.165, 1.54) is 20.4 Å². The fourth-order valence-corrected chi connectivity index (χ4v) is 2.58.